The van der Waals surface area contributed by atoms with E-state index in [1.54, 1.807) is 18.2 Å². The van der Waals surface area contributed by atoms with E-state index in [4.69, 9.17) is 5.73 Å². The molecule has 1 rings (SSSR count). The van der Waals surface area contributed by atoms with Gasteiger partial charge in [-0.1, -0.05) is 37.3 Å². The van der Waals surface area contributed by atoms with Gasteiger partial charge in [-0.2, -0.15) is 0 Å². The van der Waals surface area contributed by atoms with Crippen LogP contribution in [0.1, 0.15) is 18.9 Å². The molecule has 2 N–H and O–H groups in total. The van der Waals surface area contributed by atoms with Crippen LogP contribution in [0.25, 0.3) is 0 Å². The summed E-state index contributed by atoms with van der Waals surface area (Å²) in [4.78, 5) is 0. The van der Waals surface area contributed by atoms with Crippen molar-refractivity contribution in [3.8, 4) is 0 Å². The summed E-state index contributed by atoms with van der Waals surface area (Å²) in [6, 6.07) is 7.17. The molecule has 0 saturated carbocycles. The molecule has 2 unspecified atom stereocenters. The molecule has 0 aromatic heterocycles. The molecule has 0 spiro atoms. The summed E-state index contributed by atoms with van der Waals surface area (Å²) in [7, 11) is -1.59. The summed E-state index contributed by atoms with van der Waals surface area (Å²) < 4.78 is 39.0. The van der Waals surface area contributed by atoms with Crippen molar-refractivity contribution in [1.82, 2.24) is 0 Å². The third-order valence-corrected chi connectivity index (χ3v) is 3.95. The van der Waals surface area contributed by atoms with Gasteiger partial charge in [0.15, 0.2) is 0 Å². The molecule has 96 valence electrons. The van der Waals surface area contributed by atoms with E-state index in [2.05, 4.69) is 0 Å². The Morgan fingerprint density at radius 2 is 1.94 bits per heavy atom. The Morgan fingerprint density at radius 1 is 1.35 bits per heavy atom. The zero-order chi connectivity index (χ0) is 12.9. The Labute approximate surface area is 103 Å². The molecule has 0 radical (unpaired) electrons. The number of hydrogen-bond donors (Lipinski definition) is 1. The standard InChI is InChI=1S/C12H17F2NOS/c1-2-11(15)8-17(16)9-12(13,14)10-6-4-3-5-7-10/h3-7,11H,2,8-9,15H2,1H3. The van der Waals surface area contributed by atoms with E-state index in [1.807, 2.05) is 6.92 Å². The summed E-state index contributed by atoms with van der Waals surface area (Å²) in [5, 5.41) is 0. The van der Waals surface area contributed by atoms with Crippen LogP contribution in [0.4, 0.5) is 8.78 Å². The second-order valence-electron chi connectivity index (χ2n) is 3.99. The number of benzene rings is 1. The highest BCUT2D eigenvalue weighted by Crippen LogP contribution is 2.28. The Kier molecular flexibility index (Phi) is 5.21. The van der Waals surface area contributed by atoms with Crippen molar-refractivity contribution in [2.75, 3.05) is 11.5 Å². The van der Waals surface area contributed by atoms with Gasteiger partial charge in [-0.25, -0.2) is 8.78 Å². The second kappa shape index (κ2) is 6.21. The first-order chi connectivity index (χ1) is 7.95. The van der Waals surface area contributed by atoms with Crippen LogP contribution in [0.5, 0.6) is 0 Å². The average Bonchev–Trinajstić information content (AvgIpc) is 2.29. The van der Waals surface area contributed by atoms with Crippen LogP contribution in [0, 0.1) is 0 Å². The van der Waals surface area contributed by atoms with Crippen molar-refractivity contribution in [3.05, 3.63) is 35.9 Å². The lowest BCUT2D eigenvalue weighted by atomic mass is 10.1. The molecule has 1 aromatic rings. The Bertz CT molecular complexity index is 370. The Morgan fingerprint density at radius 3 is 2.47 bits per heavy atom. The average molecular weight is 261 g/mol. The molecule has 0 amide bonds. The minimum absolute atomic E-state index is 0.0987. The van der Waals surface area contributed by atoms with E-state index < -0.39 is 22.5 Å². The first-order valence-corrected chi connectivity index (χ1v) is 6.98. The van der Waals surface area contributed by atoms with Crippen molar-refractivity contribution in [1.29, 1.82) is 0 Å². The molecule has 0 heterocycles. The van der Waals surface area contributed by atoms with Crippen molar-refractivity contribution < 1.29 is 13.0 Å². The van der Waals surface area contributed by atoms with Gasteiger partial charge < -0.3 is 5.73 Å². The zero-order valence-corrected chi connectivity index (χ0v) is 10.6. The first kappa shape index (κ1) is 14.3. The molecule has 0 fully saturated rings. The van der Waals surface area contributed by atoms with Crippen LogP contribution in [0.2, 0.25) is 0 Å². The maximum absolute atomic E-state index is 13.7. The minimum Gasteiger partial charge on any atom is -0.327 e. The Hall–Kier alpha value is -0.810. The number of hydrogen-bond acceptors (Lipinski definition) is 2. The molecular formula is C12H17F2NOS. The maximum atomic E-state index is 13.7. The van der Waals surface area contributed by atoms with Gasteiger partial charge in [-0.3, -0.25) is 4.21 Å². The van der Waals surface area contributed by atoms with E-state index in [1.165, 1.54) is 12.1 Å². The molecule has 17 heavy (non-hydrogen) atoms. The number of halogens is 2. The van der Waals surface area contributed by atoms with Crippen LogP contribution >= 0.6 is 0 Å². The summed E-state index contributed by atoms with van der Waals surface area (Å²) >= 11 is 0. The molecule has 2 nitrogen and oxygen atoms in total. The van der Waals surface area contributed by atoms with Crippen LogP contribution in [-0.4, -0.2) is 21.8 Å². The molecule has 1 aromatic carbocycles. The van der Waals surface area contributed by atoms with E-state index in [9.17, 15) is 13.0 Å². The smallest absolute Gasteiger partial charge is 0.284 e. The summed E-state index contributed by atoms with van der Waals surface area (Å²) in [6.07, 6.45) is 0.642. The fraction of sp³-hybridized carbons (Fsp3) is 0.500. The van der Waals surface area contributed by atoms with Crippen molar-refractivity contribution in [2.45, 2.75) is 25.3 Å². The zero-order valence-electron chi connectivity index (χ0n) is 9.74. The lowest BCUT2D eigenvalue weighted by Gasteiger charge is -2.17. The SMILES string of the molecule is CCC(N)CS(=O)CC(F)(F)c1ccccc1. The quantitative estimate of drug-likeness (QED) is 0.853. The van der Waals surface area contributed by atoms with Crippen molar-refractivity contribution in [2.24, 2.45) is 5.73 Å². The lowest BCUT2D eigenvalue weighted by molar-refractivity contribution is 0.0222. The predicted octanol–water partition coefficient (Wildman–Crippen LogP) is 2.26. The molecular weight excluding hydrogens is 244 g/mol. The monoisotopic (exact) mass is 261 g/mol. The van der Waals surface area contributed by atoms with Gasteiger partial charge in [-0.05, 0) is 6.42 Å². The molecule has 0 aliphatic carbocycles. The third kappa shape index (κ3) is 4.52. The van der Waals surface area contributed by atoms with Crippen molar-refractivity contribution in [3.63, 3.8) is 0 Å². The number of alkyl halides is 2. The number of rotatable bonds is 6. The molecule has 0 aliphatic heterocycles. The fourth-order valence-corrected chi connectivity index (χ4v) is 2.79. The molecule has 5 heteroatoms. The van der Waals surface area contributed by atoms with Gasteiger partial charge in [0.2, 0.25) is 0 Å². The molecule has 2 atom stereocenters. The molecule has 0 bridgehead atoms. The highest BCUT2D eigenvalue weighted by Gasteiger charge is 2.33. The van der Waals surface area contributed by atoms with Crippen LogP contribution in [0.15, 0.2) is 30.3 Å². The van der Waals surface area contributed by atoms with Gasteiger partial charge >= 0.3 is 0 Å². The summed E-state index contributed by atoms with van der Waals surface area (Å²) in [5.41, 5.74) is 5.49. The van der Waals surface area contributed by atoms with Crippen LogP contribution in [-0.2, 0) is 16.7 Å². The highest BCUT2D eigenvalue weighted by atomic mass is 32.2. The minimum atomic E-state index is -3.06. The van der Waals surface area contributed by atoms with Crippen LogP contribution < -0.4 is 5.73 Å². The highest BCUT2D eigenvalue weighted by molar-refractivity contribution is 7.85. The fourth-order valence-electron chi connectivity index (χ4n) is 1.38. The van der Waals surface area contributed by atoms with Gasteiger partial charge in [0, 0.05) is 28.2 Å². The van der Waals surface area contributed by atoms with E-state index in [0.29, 0.717) is 6.42 Å². The predicted molar refractivity (Wildman–Crippen MR) is 66.5 cm³/mol. The molecule has 0 aliphatic rings. The molecule has 0 saturated heterocycles. The Balaban J connectivity index is 2.64. The van der Waals surface area contributed by atoms with Crippen molar-refractivity contribution >= 4 is 10.8 Å². The first-order valence-electron chi connectivity index (χ1n) is 5.49. The number of nitrogens with two attached hydrogens (primary N) is 1. The summed E-state index contributed by atoms with van der Waals surface area (Å²) in [5.74, 6) is -3.59. The van der Waals surface area contributed by atoms with Crippen LogP contribution in [0.3, 0.4) is 0 Å². The topological polar surface area (TPSA) is 43.1 Å². The maximum Gasteiger partial charge on any atom is 0.284 e. The van der Waals surface area contributed by atoms with E-state index in [0.717, 1.165) is 0 Å². The van der Waals surface area contributed by atoms with Gasteiger partial charge in [0.25, 0.3) is 5.92 Å². The second-order valence-corrected chi connectivity index (χ2v) is 5.49. The van der Waals surface area contributed by atoms with Gasteiger partial charge in [-0.15, -0.1) is 0 Å². The largest absolute Gasteiger partial charge is 0.327 e. The van der Waals surface area contributed by atoms with Gasteiger partial charge in [0.1, 0.15) is 0 Å². The van der Waals surface area contributed by atoms with E-state index >= 15 is 0 Å². The summed E-state index contributed by atoms with van der Waals surface area (Å²) in [6.45, 7) is 1.84. The normalized spacial score (nSPS) is 15.5. The third-order valence-electron chi connectivity index (χ3n) is 2.46. The van der Waals surface area contributed by atoms with E-state index in [-0.39, 0.29) is 17.4 Å². The van der Waals surface area contributed by atoms with Gasteiger partial charge in [0.05, 0.1) is 5.75 Å². The lowest BCUT2D eigenvalue weighted by Crippen LogP contribution is -2.31.